The maximum absolute atomic E-state index is 11.9. The second-order valence-electron chi connectivity index (χ2n) is 4.88. The normalized spacial score (nSPS) is 33.7. The van der Waals surface area contributed by atoms with E-state index in [1.54, 1.807) is 0 Å². The van der Waals surface area contributed by atoms with E-state index >= 15 is 0 Å². The minimum absolute atomic E-state index is 0.343. The average Bonchev–Trinajstić information content (AvgIpc) is 2.72. The lowest BCUT2D eigenvalue weighted by atomic mass is 9.92. The van der Waals surface area contributed by atoms with Crippen LogP contribution in [0.5, 0.6) is 0 Å². The first kappa shape index (κ1) is 9.60. The second-order valence-corrected chi connectivity index (χ2v) is 4.88. The zero-order valence-corrected chi connectivity index (χ0v) is 9.11. The molecule has 4 heteroatoms. The second kappa shape index (κ2) is 3.76. The van der Waals surface area contributed by atoms with Crippen LogP contribution in [0.4, 0.5) is 0 Å². The maximum atomic E-state index is 11.9. The first-order chi connectivity index (χ1) is 7.36. The number of amides is 1. The van der Waals surface area contributed by atoms with Crippen LogP contribution in [-0.4, -0.2) is 47.6 Å². The predicted octanol–water partition coefficient (Wildman–Crippen LogP) is 0.350. The molecule has 0 radical (unpaired) electrons. The van der Waals surface area contributed by atoms with Gasteiger partial charge in [-0.25, -0.2) is 5.01 Å². The van der Waals surface area contributed by atoms with Crippen molar-refractivity contribution in [2.45, 2.75) is 44.2 Å². The number of nitrogens with zero attached hydrogens (tertiary/aromatic N) is 2. The van der Waals surface area contributed by atoms with Crippen molar-refractivity contribution in [1.29, 1.82) is 0 Å². The zero-order chi connectivity index (χ0) is 10.3. The van der Waals surface area contributed by atoms with Crippen LogP contribution in [0.2, 0.25) is 0 Å². The van der Waals surface area contributed by atoms with Crippen LogP contribution in [-0.2, 0) is 4.79 Å². The van der Waals surface area contributed by atoms with E-state index in [0.717, 1.165) is 32.5 Å². The predicted molar refractivity (Wildman–Crippen MR) is 57.1 cm³/mol. The fourth-order valence-electron chi connectivity index (χ4n) is 2.88. The van der Waals surface area contributed by atoms with Gasteiger partial charge < -0.3 is 5.32 Å². The summed E-state index contributed by atoms with van der Waals surface area (Å²) < 4.78 is 0. The van der Waals surface area contributed by atoms with Gasteiger partial charge in [-0.3, -0.25) is 9.80 Å². The molecule has 1 saturated carbocycles. The van der Waals surface area contributed by atoms with Crippen molar-refractivity contribution in [1.82, 2.24) is 15.3 Å². The monoisotopic (exact) mass is 209 g/mol. The third-order valence-electron chi connectivity index (χ3n) is 3.96. The van der Waals surface area contributed by atoms with Gasteiger partial charge >= 0.3 is 0 Å². The average molecular weight is 209 g/mol. The number of rotatable bonds is 2. The topological polar surface area (TPSA) is 35.6 Å². The fourth-order valence-corrected chi connectivity index (χ4v) is 2.88. The molecular weight excluding hydrogens is 190 g/mol. The lowest BCUT2D eigenvalue weighted by molar-refractivity contribution is -0.148. The summed E-state index contributed by atoms with van der Waals surface area (Å²) in [6.07, 6.45) is 5.75. The third kappa shape index (κ3) is 1.56. The van der Waals surface area contributed by atoms with Crippen molar-refractivity contribution in [3.63, 3.8) is 0 Å². The van der Waals surface area contributed by atoms with Gasteiger partial charge in [0.15, 0.2) is 0 Å². The molecule has 3 rings (SSSR count). The van der Waals surface area contributed by atoms with Gasteiger partial charge in [0.25, 0.3) is 0 Å². The molecule has 0 aromatic carbocycles. The summed E-state index contributed by atoms with van der Waals surface area (Å²) >= 11 is 0. The molecule has 0 aromatic heterocycles. The van der Waals surface area contributed by atoms with Crippen molar-refractivity contribution in [3.8, 4) is 0 Å². The Morgan fingerprint density at radius 2 is 2.07 bits per heavy atom. The van der Waals surface area contributed by atoms with Gasteiger partial charge in [0, 0.05) is 25.6 Å². The SMILES string of the molecule is O=C1CCN(C2CCC2)N1C1CCNC1. The summed E-state index contributed by atoms with van der Waals surface area (Å²) in [6, 6.07) is 1.10. The lowest BCUT2D eigenvalue weighted by Gasteiger charge is -2.42. The molecular formula is C11H19N3O. The number of hydrazine groups is 1. The van der Waals surface area contributed by atoms with Crippen LogP contribution in [0.1, 0.15) is 32.1 Å². The van der Waals surface area contributed by atoms with E-state index in [-0.39, 0.29) is 0 Å². The summed E-state index contributed by atoms with van der Waals surface area (Å²) in [6.45, 7) is 3.00. The summed E-state index contributed by atoms with van der Waals surface area (Å²) in [5.74, 6) is 0.343. The summed E-state index contributed by atoms with van der Waals surface area (Å²) in [4.78, 5) is 11.9. The first-order valence-corrected chi connectivity index (χ1v) is 6.15. The Labute approximate surface area is 90.6 Å². The molecule has 0 bridgehead atoms. The smallest absolute Gasteiger partial charge is 0.238 e. The van der Waals surface area contributed by atoms with E-state index in [1.807, 2.05) is 0 Å². The minimum Gasteiger partial charge on any atom is -0.315 e. The van der Waals surface area contributed by atoms with Gasteiger partial charge in [0.05, 0.1) is 6.04 Å². The highest BCUT2D eigenvalue weighted by Gasteiger charge is 2.40. The van der Waals surface area contributed by atoms with E-state index in [1.165, 1.54) is 19.3 Å². The van der Waals surface area contributed by atoms with Crippen LogP contribution in [0.15, 0.2) is 0 Å². The molecule has 1 atom stereocenters. The van der Waals surface area contributed by atoms with Gasteiger partial charge in [-0.15, -0.1) is 0 Å². The Hall–Kier alpha value is -0.610. The van der Waals surface area contributed by atoms with Gasteiger partial charge in [-0.05, 0) is 25.8 Å². The zero-order valence-electron chi connectivity index (χ0n) is 9.11. The number of carbonyl (C=O) groups excluding carboxylic acids is 1. The van der Waals surface area contributed by atoms with E-state index < -0.39 is 0 Å². The van der Waals surface area contributed by atoms with Crippen molar-refractivity contribution < 1.29 is 4.79 Å². The van der Waals surface area contributed by atoms with E-state index in [2.05, 4.69) is 15.3 Å². The highest BCUT2D eigenvalue weighted by Crippen LogP contribution is 2.31. The highest BCUT2D eigenvalue weighted by atomic mass is 16.2. The molecule has 1 amide bonds. The van der Waals surface area contributed by atoms with Crippen molar-refractivity contribution >= 4 is 5.91 Å². The van der Waals surface area contributed by atoms with Crippen molar-refractivity contribution in [2.24, 2.45) is 0 Å². The van der Waals surface area contributed by atoms with Crippen LogP contribution in [0.25, 0.3) is 0 Å². The Bertz CT molecular complexity index is 259. The van der Waals surface area contributed by atoms with Crippen LogP contribution in [0.3, 0.4) is 0 Å². The molecule has 4 nitrogen and oxygen atoms in total. The largest absolute Gasteiger partial charge is 0.315 e. The summed E-state index contributed by atoms with van der Waals surface area (Å²) in [5, 5.41) is 7.77. The van der Waals surface area contributed by atoms with Crippen LogP contribution in [0, 0.1) is 0 Å². The Balaban J connectivity index is 1.73. The quantitative estimate of drug-likeness (QED) is 0.713. The molecule has 3 fully saturated rings. The molecule has 15 heavy (non-hydrogen) atoms. The molecule has 1 aliphatic carbocycles. The number of hydrogen-bond acceptors (Lipinski definition) is 3. The van der Waals surface area contributed by atoms with Crippen molar-refractivity contribution in [2.75, 3.05) is 19.6 Å². The molecule has 2 heterocycles. The number of carbonyl (C=O) groups is 1. The van der Waals surface area contributed by atoms with E-state index in [0.29, 0.717) is 18.0 Å². The van der Waals surface area contributed by atoms with Crippen molar-refractivity contribution in [3.05, 3.63) is 0 Å². The Morgan fingerprint density at radius 3 is 2.67 bits per heavy atom. The van der Waals surface area contributed by atoms with E-state index in [9.17, 15) is 4.79 Å². The van der Waals surface area contributed by atoms with Gasteiger partial charge in [0.1, 0.15) is 0 Å². The molecule has 0 spiro atoms. The molecule has 3 aliphatic rings. The summed E-state index contributed by atoms with van der Waals surface area (Å²) in [7, 11) is 0. The lowest BCUT2D eigenvalue weighted by Crippen LogP contribution is -2.53. The molecule has 1 unspecified atom stereocenters. The molecule has 0 aromatic rings. The Kier molecular flexibility index (Phi) is 2.41. The third-order valence-corrected chi connectivity index (χ3v) is 3.96. The number of nitrogens with one attached hydrogen (secondary N) is 1. The Morgan fingerprint density at radius 1 is 1.20 bits per heavy atom. The highest BCUT2D eigenvalue weighted by molar-refractivity contribution is 5.78. The first-order valence-electron chi connectivity index (χ1n) is 6.15. The van der Waals surface area contributed by atoms with E-state index in [4.69, 9.17) is 0 Å². The molecule has 1 N–H and O–H groups in total. The fraction of sp³-hybridized carbons (Fsp3) is 0.909. The van der Waals surface area contributed by atoms with Gasteiger partial charge in [0.2, 0.25) is 5.91 Å². The minimum atomic E-state index is 0.343. The van der Waals surface area contributed by atoms with Crippen LogP contribution < -0.4 is 5.32 Å². The molecule has 2 aliphatic heterocycles. The molecule has 2 saturated heterocycles. The van der Waals surface area contributed by atoms with Gasteiger partial charge in [-0.1, -0.05) is 6.42 Å². The standard InChI is InChI=1S/C11H19N3O/c15-11-5-7-13(9-2-1-3-9)14(11)10-4-6-12-8-10/h9-10,12H,1-8H2. The van der Waals surface area contributed by atoms with Gasteiger partial charge in [-0.2, -0.15) is 0 Å². The number of hydrogen-bond donors (Lipinski definition) is 1. The molecule has 84 valence electrons. The van der Waals surface area contributed by atoms with Crippen LogP contribution >= 0.6 is 0 Å². The summed E-state index contributed by atoms with van der Waals surface area (Å²) in [5.41, 5.74) is 0. The maximum Gasteiger partial charge on any atom is 0.238 e.